The smallest absolute Gasteiger partial charge is 0.222 e. The fourth-order valence-corrected chi connectivity index (χ4v) is 6.07. The number of rotatable bonds is 7. The second kappa shape index (κ2) is 10.5. The molecule has 182 valence electrons. The highest BCUT2D eigenvalue weighted by molar-refractivity contribution is 6.42. The molecule has 0 saturated carbocycles. The van der Waals surface area contributed by atoms with Crippen molar-refractivity contribution in [1.82, 2.24) is 20.0 Å². The van der Waals surface area contributed by atoms with Crippen LogP contribution in [0.15, 0.2) is 48.5 Å². The molecule has 1 unspecified atom stereocenters. The molecular formula is C27H34Cl2N4O. The van der Waals surface area contributed by atoms with Gasteiger partial charge < -0.3 is 15.1 Å². The van der Waals surface area contributed by atoms with E-state index in [1.54, 1.807) is 0 Å². The highest BCUT2D eigenvalue weighted by Gasteiger charge is 2.42. The maximum absolute atomic E-state index is 12.9. The molecule has 3 fully saturated rings. The Balaban J connectivity index is 1.31. The first-order valence-corrected chi connectivity index (χ1v) is 13.2. The van der Waals surface area contributed by atoms with E-state index in [-0.39, 0.29) is 11.3 Å². The Hall–Kier alpha value is -1.63. The van der Waals surface area contributed by atoms with Crippen molar-refractivity contribution < 1.29 is 4.79 Å². The zero-order valence-electron chi connectivity index (χ0n) is 19.7. The van der Waals surface area contributed by atoms with Gasteiger partial charge in [-0.25, -0.2) is 0 Å². The highest BCUT2D eigenvalue weighted by Crippen LogP contribution is 2.41. The first-order valence-electron chi connectivity index (χ1n) is 12.5. The fourth-order valence-electron chi connectivity index (χ4n) is 5.77. The van der Waals surface area contributed by atoms with Crippen LogP contribution < -0.4 is 5.32 Å². The minimum Gasteiger partial charge on any atom is -0.337 e. The zero-order chi connectivity index (χ0) is 23.5. The molecule has 1 amide bonds. The van der Waals surface area contributed by atoms with Gasteiger partial charge in [-0.3, -0.25) is 9.69 Å². The number of piperazine rings is 1. The van der Waals surface area contributed by atoms with Gasteiger partial charge in [0.25, 0.3) is 0 Å². The van der Waals surface area contributed by atoms with Gasteiger partial charge in [0.2, 0.25) is 5.91 Å². The standard InChI is InChI=1S/C27H34Cl2N4O/c28-24-7-6-22(16-25(24)29)27(10-13-31-18-23(19-31)32-14-11-30-12-15-32)9-8-26(34)33(20-27)17-21-4-2-1-3-5-21/h1-7,16,23,30H,8-15,17-20H2. The lowest BCUT2D eigenvalue weighted by Gasteiger charge is -2.49. The van der Waals surface area contributed by atoms with Gasteiger partial charge in [0.05, 0.1) is 10.0 Å². The number of carbonyl (C=O) groups excluding carboxylic acids is 1. The van der Waals surface area contributed by atoms with Crippen molar-refractivity contribution in [3.63, 3.8) is 0 Å². The first kappa shape index (κ1) is 24.1. The van der Waals surface area contributed by atoms with E-state index in [2.05, 4.69) is 33.3 Å². The predicted molar refractivity (Wildman–Crippen MR) is 139 cm³/mol. The summed E-state index contributed by atoms with van der Waals surface area (Å²) in [5.41, 5.74) is 2.26. The van der Waals surface area contributed by atoms with Gasteiger partial charge in [-0.05, 0) is 42.6 Å². The number of likely N-dealkylation sites (tertiary alicyclic amines) is 2. The van der Waals surface area contributed by atoms with Gasteiger partial charge in [-0.15, -0.1) is 0 Å². The number of carbonyl (C=O) groups is 1. The molecule has 0 aromatic heterocycles. The van der Waals surface area contributed by atoms with Crippen LogP contribution in [-0.2, 0) is 16.8 Å². The first-order chi connectivity index (χ1) is 16.5. The van der Waals surface area contributed by atoms with Crippen molar-refractivity contribution in [3.05, 3.63) is 69.7 Å². The minimum atomic E-state index is -0.114. The Morgan fingerprint density at radius 2 is 1.76 bits per heavy atom. The number of halogens is 2. The molecule has 34 heavy (non-hydrogen) atoms. The lowest BCUT2D eigenvalue weighted by molar-refractivity contribution is -0.136. The molecule has 1 atom stereocenters. The number of piperidine rings is 1. The van der Waals surface area contributed by atoms with Crippen molar-refractivity contribution in [2.24, 2.45) is 0 Å². The van der Waals surface area contributed by atoms with Crippen molar-refractivity contribution in [3.8, 4) is 0 Å². The second-order valence-electron chi connectivity index (χ2n) is 10.1. The third-order valence-corrected chi connectivity index (χ3v) is 8.66. The van der Waals surface area contributed by atoms with Crippen LogP contribution in [-0.4, -0.2) is 79.0 Å². The molecule has 0 radical (unpaired) electrons. The Morgan fingerprint density at radius 1 is 1.00 bits per heavy atom. The van der Waals surface area contributed by atoms with Gasteiger partial charge in [0.1, 0.15) is 0 Å². The molecular weight excluding hydrogens is 467 g/mol. The second-order valence-corrected chi connectivity index (χ2v) is 10.9. The molecule has 0 bridgehead atoms. The molecule has 3 aliphatic rings. The molecule has 3 saturated heterocycles. The van der Waals surface area contributed by atoms with Crippen molar-refractivity contribution >= 4 is 29.1 Å². The monoisotopic (exact) mass is 500 g/mol. The highest BCUT2D eigenvalue weighted by atomic mass is 35.5. The molecule has 5 nitrogen and oxygen atoms in total. The van der Waals surface area contributed by atoms with Gasteiger partial charge in [-0.2, -0.15) is 0 Å². The molecule has 2 aromatic rings. The van der Waals surface area contributed by atoms with Crippen LogP contribution in [0, 0.1) is 0 Å². The average molecular weight is 502 g/mol. The average Bonchev–Trinajstić information content (AvgIpc) is 2.83. The van der Waals surface area contributed by atoms with Gasteiger partial charge in [0, 0.05) is 70.2 Å². The summed E-state index contributed by atoms with van der Waals surface area (Å²) in [5, 5.41) is 4.62. The maximum Gasteiger partial charge on any atom is 0.222 e. The van der Waals surface area contributed by atoms with E-state index in [1.807, 2.05) is 35.2 Å². The van der Waals surface area contributed by atoms with E-state index in [1.165, 1.54) is 11.1 Å². The number of nitrogens with zero attached hydrogens (tertiary/aromatic N) is 3. The summed E-state index contributed by atoms with van der Waals surface area (Å²) in [6, 6.07) is 17.0. The third kappa shape index (κ3) is 5.29. The van der Waals surface area contributed by atoms with Crippen molar-refractivity contribution in [2.75, 3.05) is 52.4 Å². The van der Waals surface area contributed by atoms with Crippen molar-refractivity contribution in [2.45, 2.75) is 37.3 Å². The zero-order valence-corrected chi connectivity index (χ0v) is 21.2. The van der Waals surface area contributed by atoms with E-state index in [0.29, 0.717) is 35.6 Å². The molecule has 2 aromatic carbocycles. The van der Waals surface area contributed by atoms with E-state index < -0.39 is 0 Å². The van der Waals surface area contributed by atoms with Crippen LogP contribution in [0.4, 0.5) is 0 Å². The summed E-state index contributed by atoms with van der Waals surface area (Å²) in [6.45, 7) is 9.20. The Bertz CT molecular complexity index is 991. The predicted octanol–water partition coefficient (Wildman–Crippen LogP) is 4.03. The lowest BCUT2D eigenvalue weighted by atomic mass is 9.71. The number of hydrogen-bond acceptors (Lipinski definition) is 4. The summed E-state index contributed by atoms with van der Waals surface area (Å²) in [6.07, 6.45) is 2.43. The van der Waals surface area contributed by atoms with E-state index in [0.717, 1.165) is 58.7 Å². The van der Waals surface area contributed by atoms with Crippen LogP contribution in [0.25, 0.3) is 0 Å². The molecule has 0 aliphatic carbocycles. The molecule has 3 heterocycles. The summed E-state index contributed by atoms with van der Waals surface area (Å²) >= 11 is 12.7. The molecule has 5 rings (SSSR count). The molecule has 3 aliphatic heterocycles. The topological polar surface area (TPSA) is 38.8 Å². The summed E-state index contributed by atoms with van der Waals surface area (Å²) < 4.78 is 0. The Morgan fingerprint density at radius 3 is 2.50 bits per heavy atom. The molecule has 0 spiro atoms. The van der Waals surface area contributed by atoms with Crippen molar-refractivity contribution in [1.29, 1.82) is 0 Å². The molecule has 7 heteroatoms. The summed E-state index contributed by atoms with van der Waals surface area (Å²) in [7, 11) is 0. The minimum absolute atomic E-state index is 0.114. The number of nitrogens with one attached hydrogen (secondary N) is 1. The summed E-state index contributed by atoms with van der Waals surface area (Å²) in [5.74, 6) is 0.238. The lowest BCUT2D eigenvalue weighted by Crippen LogP contribution is -2.63. The number of benzene rings is 2. The van der Waals surface area contributed by atoms with Crippen LogP contribution in [0.5, 0.6) is 0 Å². The number of hydrogen-bond donors (Lipinski definition) is 1. The fraction of sp³-hybridized carbons (Fsp3) is 0.519. The SMILES string of the molecule is O=C1CCC(CCN2CC(N3CCNCC3)C2)(c2ccc(Cl)c(Cl)c2)CN1Cc1ccccc1. The van der Waals surface area contributed by atoms with Crippen LogP contribution in [0.1, 0.15) is 30.4 Å². The maximum atomic E-state index is 12.9. The van der Waals surface area contributed by atoms with E-state index in [9.17, 15) is 4.79 Å². The van der Waals surface area contributed by atoms with Crippen LogP contribution in [0.2, 0.25) is 10.0 Å². The quantitative estimate of drug-likeness (QED) is 0.622. The van der Waals surface area contributed by atoms with E-state index >= 15 is 0 Å². The van der Waals surface area contributed by atoms with Gasteiger partial charge >= 0.3 is 0 Å². The Kier molecular flexibility index (Phi) is 7.47. The largest absolute Gasteiger partial charge is 0.337 e. The molecule has 1 N–H and O–H groups in total. The van der Waals surface area contributed by atoms with Gasteiger partial charge in [-0.1, -0.05) is 59.6 Å². The third-order valence-electron chi connectivity index (χ3n) is 7.92. The van der Waals surface area contributed by atoms with E-state index in [4.69, 9.17) is 23.2 Å². The van der Waals surface area contributed by atoms with Crippen LogP contribution in [0.3, 0.4) is 0 Å². The summed E-state index contributed by atoms with van der Waals surface area (Å²) in [4.78, 5) is 20.2. The number of amides is 1. The Labute approximate surface area is 213 Å². The van der Waals surface area contributed by atoms with Gasteiger partial charge in [0.15, 0.2) is 0 Å². The van der Waals surface area contributed by atoms with Crippen LogP contribution >= 0.6 is 23.2 Å². The normalized spacial score (nSPS) is 24.9.